The van der Waals surface area contributed by atoms with E-state index in [0.29, 0.717) is 11.2 Å². The summed E-state index contributed by atoms with van der Waals surface area (Å²) >= 11 is 1.61. The van der Waals surface area contributed by atoms with E-state index in [2.05, 4.69) is 4.90 Å². The number of thioether (sulfide) groups is 1. The lowest BCUT2D eigenvalue weighted by Gasteiger charge is -2.46. The number of carbonyl (C=O) groups is 3. The van der Waals surface area contributed by atoms with Crippen molar-refractivity contribution in [3.8, 4) is 0 Å². The Morgan fingerprint density at radius 2 is 1.91 bits per heavy atom. The first-order valence-electron chi connectivity index (χ1n) is 11.6. The second-order valence-corrected chi connectivity index (χ2v) is 10.9. The van der Waals surface area contributed by atoms with Crippen molar-refractivity contribution in [3.63, 3.8) is 0 Å². The number of aliphatic hydroxyl groups excluding tert-OH is 1. The molecule has 0 saturated carbocycles. The van der Waals surface area contributed by atoms with Gasteiger partial charge in [-0.15, -0.1) is 11.8 Å². The summed E-state index contributed by atoms with van der Waals surface area (Å²) in [4.78, 5) is 42.7. The van der Waals surface area contributed by atoms with E-state index >= 15 is 0 Å². The van der Waals surface area contributed by atoms with Gasteiger partial charge in [-0.3, -0.25) is 9.59 Å². The van der Waals surface area contributed by atoms with Crippen molar-refractivity contribution in [2.24, 2.45) is 23.5 Å². The first-order chi connectivity index (χ1) is 15.2. The van der Waals surface area contributed by atoms with Gasteiger partial charge < -0.3 is 30.6 Å². The van der Waals surface area contributed by atoms with Gasteiger partial charge in [-0.05, 0) is 38.6 Å². The number of rotatable bonds is 7. The highest BCUT2D eigenvalue weighted by Crippen LogP contribution is 2.51. The number of hydrogen-bond acceptors (Lipinski definition) is 7. The van der Waals surface area contributed by atoms with Gasteiger partial charge in [0.2, 0.25) is 11.8 Å². The molecule has 3 saturated heterocycles. The van der Waals surface area contributed by atoms with Crippen molar-refractivity contribution in [1.82, 2.24) is 14.7 Å². The van der Waals surface area contributed by atoms with Gasteiger partial charge in [0.15, 0.2) is 0 Å². The number of carbonyl (C=O) groups excluding carboxylic acids is 2. The third-order valence-corrected chi connectivity index (χ3v) is 9.03. The van der Waals surface area contributed by atoms with E-state index in [-0.39, 0.29) is 36.0 Å². The average Bonchev–Trinajstić information content (AvgIpc) is 3.29. The maximum Gasteiger partial charge on any atom is 0.353 e. The zero-order valence-corrected chi connectivity index (χ0v) is 19.6. The van der Waals surface area contributed by atoms with E-state index < -0.39 is 18.0 Å². The minimum Gasteiger partial charge on any atom is -0.477 e. The van der Waals surface area contributed by atoms with Crippen molar-refractivity contribution in [1.29, 1.82) is 0 Å². The van der Waals surface area contributed by atoms with Crippen LogP contribution < -0.4 is 5.73 Å². The minimum atomic E-state index is -1.06. The first-order valence-corrected chi connectivity index (χ1v) is 12.5. The Morgan fingerprint density at radius 1 is 1.22 bits per heavy atom. The second-order valence-electron chi connectivity index (χ2n) is 9.59. The van der Waals surface area contributed by atoms with Gasteiger partial charge in [0, 0.05) is 42.3 Å². The molecule has 4 aliphatic heterocycles. The number of β-lactam (4-membered cyclic amide) rings is 1. The third-order valence-electron chi connectivity index (χ3n) is 7.49. The van der Waals surface area contributed by atoms with Gasteiger partial charge in [0.1, 0.15) is 5.70 Å². The molecule has 0 spiro atoms. The normalized spacial score (nSPS) is 32.3. The summed E-state index contributed by atoms with van der Waals surface area (Å²) in [5.41, 5.74) is 5.58. The molecule has 0 radical (unpaired) electrons. The van der Waals surface area contributed by atoms with E-state index in [1.54, 1.807) is 18.7 Å². The number of piperidine rings is 1. The fraction of sp³-hybridized carbons (Fsp3) is 0.773. The Balaban J connectivity index is 1.34. The summed E-state index contributed by atoms with van der Waals surface area (Å²) in [7, 11) is 0. The molecule has 0 aliphatic carbocycles. The number of carboxylic acids is 1. The maximum atomic E-state index is 12.5. The zero-order chi connectivity index (χ0) is 23.2. The van der Waals surface area contributed by atoms with Gasteiger partial charge in [0.25, 0.3) is 0 Å². The largest absolute Gasteiger partial charge is 0.477 e. The van der Waals surface area contributed by atoms with Gasteiger partial charge in [-0.25, -0.2) is 4.79 Å². The van der Waals surface area contributed by atoms with Gasteiger partial charge in [-0.1, -0.05) is 6.92 Å². The van der Waals surface area contributed by atoms with Crippen molar-refractivity contribution in [2.45, 2.75) is 50.5 Å². The molecule has 9 nitrogen and oxygen atoms in total. The van der Waals surface area contributed by atoms with Crippen LogP contribution in [0.25, 0.3) is 0 Å². The summed E-state index contributed by atoms with van der Waals surface area (Å²) in [6.45, 7) is 8.07. The molecule has 1 unspecified atom stereocenters. The van der Waals surface area contributed by atoms with E-state index in [4.69, 9.17) is 5.73 Å². The molecule has 4 N–H and O–H groups in total. The van der Waals surface area contributed by atoms with Crippen molar-refractivity contribution < 1.29 is 24.6 Å². The number of amides is 2. The number of aliphatic carboxylic acids is 1. The first kappa shape index (κ1) is 23.5. The van der Waals surface area contributed by atoms with Crippen LogP contribution in [0.2, 0.25) is 0 Å². The molecular formula is C22H34N4O5S. The summed E-state index contributed by atoms with van der Waals surface area (Å²) in [5, 5.41) is 20.1. The van der Waals surface area contributed by atoms with Crippen LogP contribution in [0.3, 0.4) is 0 Å². The minimum absolute atomic E-state index is 0.0234. The lowest BCUT2D eigenvalue weighted by Crippen LogP contribution is -2.63. The van der Waals surface area contributed by atoms with Crippen LogP contribution in [0.5, 0.6) is 0 Å². The second kappa shape index (κ2) is 9.32. The zero-order valence-electron chi connectivity index (χ0n) is 18.8. The fourth-order valence-corrected chi connectivity index (χ4v) is 7.30. The van der Waals surface area contributed by atoms with Crippen LogP contribution in [-0.2, 0) is 14.4 Å². The molecule has 4 aliphatic rings. The molecule has 0 aromatic heterocycles. The maximum absolute atomic E-state index is 12.5. The monoisotopic (exact) mass is 466 g/mol. The molecule has 10 heteroatoms. The van der Waals surface area contributed by atoms with E-state index in [0.717, 1.165) is 56.9 Å². The Hall–Kier alpha value is -1.62. The topological polar surface area (TPSA) is 127 Å². The molecule has 0 aromatic carbocycles. The predicted molar refractivity (Wildman–Crippen MR) is 120 cm³/mol. The molecular weight excluding hydrogens is 432 g/mol. The molecule has 178 valence electrons. The molecule has 2 amide bonds. The van der Waals surface area contributed by atoms with Crippen molar-refractivity contribution >= 4 is 29.5 Å². The van der Waals surface area contributed by atoms with Crippen molar-refractivity contribution in [2.75, 3.05) is 39.3 Å². The molecule has 32 heavy (non-hydrogen) atoms. The predicted octanol–water partition coefficient (Wildman–Crippen LogP) is 0.145. The highest BCUT2D eigenvalue weighted by atomic mass is 32.2. The number of aliphatic hydroxyl groups is 1. The molecule has 0 aromatic rings. The van der Waals surface area contributed by atoms with Crippen LogP contribution in [0.15, 0.2) is 10.6 Å². The highest BCUT2D eigenvalue weighted by Gasteiger charge is 2.60. The number of nitrogens with zero attached hydrogens (tertiary/aromatic N) is 3. The smallest absolute Gasteiger partial charge is 0.353 e. The Bertz CT molecular complexity index is 810. The third kappa shape index (κ3) is 4.18. The Morgan fingerprint density at radius 3 is 2.50 bits per heavy atom. The van der Waals surface area contributed by atoms with E-state index in [1.807, 2.05) is 11.8 Å². The number of hydrogen-bond donors (Lipinski definition) is 3. The molecule has 0 bridgehead atoms. The number of fused-ring (bicyclic) bond motifs is 1. The average molecular weight is 467 g/mol. The summed E-state index contributed by atoms with van der Waals surface area (Å²) < 4.78 is 0. The Labute approximate surface area is 193 Å². The molecule has 3 fully saturated rings. The van der Waals surface area contributed by atoms with Crippen LogP contribution in [0.1, 0.15) is 33.1 Å². The van der Waals surface area contributed by atoms with Crippen LogP contribution in [0.4, 0.5) is 0 Å². The summed E-state index contributed by atoms with van der Waals surface area (Å²) in [6.07, 6.45) is 2.19. The fourth-order valence-electron chi connectivity index (χ4n) is 5.78. The van der Waals surface area contributed by atoms with Crippen LogP contribution >= 0.6 is 11.8 Å². The van der Waals surface area contributed by atoms with Crippen molar-refractivity contribution in [3.05, 3.63) is 10.6 Å². The quantitative estimate of drug-likeness (QED) is 0.453. The van der Waals surface area contributed by atoms with Crippen LogP contribution in [0, 0.1) is 17.8 Å². The number of carboxylic acid groups (broad SMARTS) is 1. The molecule has 4 rings (SSSR count). The van der Waals surface area contributed by atoms with Gasteiger partial charge in [0.05, 0.1) is 24.6 Å². The van der Waals surface area contributed by atoms with Gasteiger partial charge >= 0.3 is 5.97 Å². The SMILES string of the molecule is CC(O)[C@H]1C(=O)N2C(C(=O)O)=C(S[C@@H]3CCN(CC4CCN(C(=O)CN)CC4)C3)[C@H](C)[C@H]12. The number of nitrogens with two attached hydrogens (primary N) is 1. The van der Waals surface area contributed by atoms with E-state index in [1.165, 1.54) is 4.90 Å². The molecule has 5 atom stereocenters. The van der Waals surface area contributed by atoms with Gasteiger partial charge in [-0.2, -0.15) is 0 Å². The van der Waals surface area contributed by atoms with Crippen LogP contribution in [-0.4, -0.2) is 99.4 Å². The lowest BCUT2D eigenvalue weighted by atomic mass is 9.79. The number of likely N-dealkylation sites (tertiary alicyclic amines) is 2. The standard InChI is InChI=1S/C22H34N4O5S/c1-12-18-17(13(2)27)21(29)26(18)19(22(30)31)20(12)32-15-5-6-24(11-15)10-14-3-7-25(8-4-14)16(28)9-23/h12-15,17-18,27H,3-11,23H2,1-2H3,(H,30,31)/t12-,13?,15-,17-,18-/m1/s1. The summed E-state index contributed by atoms with van der Waals surface area (Å²) in [5.74, 6) is -1.36. The summed E-state index contributed by atoms with van der Waals surface area (Å²) in [6, 6.07) is -0.255. The lowest BCUT2D eigenvalue weighted by molar-refractivity contribution is -0.163. The molecule has 4 heterocycles. The van der Waals surface area contributed by atoms with E-state index in [9.17, 15) is 24.6 Å². The Kier molecular flexibility index (Phi) is 6.86. The highest BCUT2D eigenvalue weighted by molar-refractivity contribution is 8.03.